The van der Waals surface area contributed by atoms with Crippen molar-refractivity contribution in [2.75, 3.05) is 19.8 Å². The third-order valence-electron chi connectivity index (χ3n) is 2.13. The third-order valence-corrected chi connectivity index (χ3v) is 2.13. The number of hydrogen-bond donors (Lipinski definition) is 2. The summed E-state index contributed by atoms with van der Waals surface area (Å²) in [4.78, 5) is 0. The van der Waals surface area contributed by atoms with Gasteiger partial charge in [0.1, 0.15) is 0 Å². The topological polar surface area (TPSA) is 61.3 Å². The standard InChI is InChI=1S/C7H16N2O/c8-4-1-7(9)2-5-10-6-3-7/h1-6,8-9H2. The summed E-state index contributed by atoms with van der Waals surface area (Å²) in [5.41, 5.74) is 11.4. The minimum atomic E-state index is -0.0208. The molecular formula is C7H16N2O. The first-order valence-corrected chi connectivity index (χ1v) is 3.83. The molecule has 1 aliphatic heterocycles. The lowest BCUT2D eigenvalue weighted by Crippen LogP contribution is -2.46. The summed E-state index contributed by atoms with van der Waals surface area (Å²) in [6, 6.07) is 0. The quantitative estimate of drug-likeness (QED) is 0.566. The molecule has 0 saturated carbocycles. The van der Waals surface area contributed by atoms with Crippen molar-refractivity contribution in [3.8, 4) is 0 Å². The van der Waals surface area contributed by atoms with Crippen LogP contribution in [0.15, 0.2) is 0 Å². The third kappa shape index (κ3) is 1.94. The Hall–Kier alpha value is -0.120. The zero-order valence-corrected chi connectivity index (χ0v) is 6.31. The monoisotopic (exact) mass is 144 g/mol. The molecule has 1 rings (SSSR count). The minimum absolute atomic E-state index is 0.0208. The van der Waals surface area contributed by atoms with Crippen LogP contribution in [0.25, 0.3) is 0 Å². The SMILES string of the molecule is NCCC1(N)CCOCC1. The Bertz CT molecular complexity index is 94.3. The highest BCUT2D eigenvalue weighted by molar-refractivity contribution is 4.86. The summed E-state index contributed by atoms with van der Waals surface area (Å²) in [6.07, 6.45) is 2.85. The van der Waals surface area contributed by atoms with Gasteiger partial charge >= 0.3 is 0 Å². The number of rotatable bonds is 2. The lowest BCUT2D eigenvalue weighted by molar-refractivity contribution is 0.0511. The molecule has 3 nitrogen and oxygen atoms in total. The molecule has 1 aliphatic rings. The summed E-state index contributed by atoms with van der Waals surface area (Å²) in [6.45, 7) is 2.30. The van der Waals surface area contributed by atoms with Gasteiger partial charge in [-0.15, -0.1) is 0 Å². The van der Waals surface area contributed by atoms with Crippen LogP contribution in [0.2, 0.25) is 0 Å². The van der Waals surface area contributed by atoms with Crippen LogP contribution in [0.1, 0.15) is 19.3 Å². The van der Waals surface area contributed by atoms with Crippen molar-refractivity contribution in [1.82, 2.24) is 0 Å². The van der Waals surface area contributed by atoms with Gasteiger partial charge in [0.25, 0.3) is 0 Å². The van der Waals surface area contributed by atoms with E-state index in [1.807, 2.05) is 0 Å². The number of ether oxygens (including phenoxy) is 1. The van der Waals surface area contributed by atoms with Crippen molar-refractivity contribution >= 4 is 0 Å². The van der Waals surface area contributed by atoms with E-state index in [1.54, 1.807) is 0 Å². The molecular weight excluding hydrogens is 128 g/mol. The highest BCUT2D eigenvalue weighted by atomic mass is 16.5. The second kappa shape index (κ2) is 3.32. The van der Waals surface area contributed by atoms with E-state index < -0.39 is 0 Å². The molecule has 0 unspecified atom stereocenters. The Morgan fingerprint density at radius 2 is 1.90 bits per heavy atom. The molecule has 0 aliphatic carbocycles. The molecule has 0 spiro atoms. The van der Waals surface area contributed by atoms with Gasteiger partial charge in [-0.25, -0.2) is 0 Å². The fraction of sp³-hybridized carbons (Fsp3) is 1.00. The number of nitrogens with two attached hydrogens (primary N) is 2. The van der Waals surface area contributed by atoms with Crippen LogP contribution in [-0.4, -0.2) is 25.3 Å². The largest absolute Gasteiger partial charge is 0.381 e. The predicted molar refractivity (Wildman–Crippen MR) is 40.6 cm³/mol. The molecule has 0 aromatic heterocycles. The smallest absolute Gasteiger partial charge is 0.0483 e. The van der Waals surface area contributed by atoms with Crippen molar-refractivity contribution in [2.24, 2.45) is 11.5 Å². The van der Waals surface area contributed by atoms with E-state index in [1.165, 1.54) is 0 Å². The molecule has 1 heterocycles. The molecule has 0 radical (unpaired) electrons. The van der Waals surface area contributed by atoms with Crippen LogP contribution in [0.3, 0.4) is 0 Å². The Labute approximate surface area is 61.7 Å². The molecule has 4 N–H and O–H groups in total. The van der Waals surface area contributed by atoms with E-state index in [9.17, 15) is 0 Å². The molecule has 0 amide bonds. The zero-order valence-electron chi connectivity index (χ0n) is 6.31. The fourth-order valence-electron chi connectivity index (χ4n) is 1.32. The van der Waals surface area contributed by atoms with E-state index in [2.05, 4.69) is 0 Å². The van der Waals surface area contributed by atoms with E-state index in [0.29, 0.717) is 6.54 Å². The normalized spacial score (nSPS) is 24.6. The van der Waals surface area contributed by atoms with Gasteiger partial charge in [-0.1, -0.05) is 0 Å². The van der Waals surface area contributed by atoms with Gasteiger partial charge in [0.15, 0.2) is 0 Å². The van der Waals surface area contributed by atoms with Crippen LogP contribution in [-0.2, 0) is 4.74 Å². The predicted octanol–water partition coefficient (Wildman–Crippen LogP) is -0.157. The fourth-order valence-corrected chi connectivity index (χ4v) is 1.32. The molecule has 1 fully saturated rings. The van der Waals surface area contributed by atoms with Gasteiger partial charge in [0, 0.05) is 18.8 Å². The molecule has 10 heavy (non-hydrogen) atoms. The molecule has 0 bridgehead atoms. The lowest BCUT2D eigenvalue weighted by Gasteiger charge is -2.32. The van der Waals surface area contributed by atoms with Crippen LogP contribution >= 0.6 is 0 Å². The maximum Gasteiger partial charge on any atom is 0.0483 e. The van der Waals surface area contributed by atoms with Crippen LogP contribution in [0.4, 0.5) is 0 Å². The molecule has 3 heteroatoms. The van der Waals surface area contributed by atoms with E-state index in [0.717, 1.165) is 32.5 Å². The van der Waals surface area contributed by atoms with E-state index in [-0.39, 0.29) is 5.54 Å². The molecule has 0 aromatic carbocycles. The van der Waals surface area contributed by atoms with E-state index in [4.69, 9.17) is 16.2 Å². The van der Waals surface area contributed by atoms with Gasteiger partial charge in [-0.05, 0) is 25.8 Å². The average molecular weight is 144 g/mol. The van der Waals surface area contributed by atoms with Crippen molar-refractivity contribution in [1.29, 1.82) is 0 Å². The van der Waals surface area contributed by atoms with Crippen molar-refractivity contribution in [2.45, 2.75) is 24.8 Å². The summed E-state index contributed by atoms with van der Waals surface area (Å²) in [5.74, 6) is 0. The Morgan fingerprint density at radius 1 is 1.30 bits per heavy atom. The van der Waals surface area contributed by atoms with Crippen molar-refractivity contribution in [3.05, 3.63) is 0 Å². The van der Waals surface area contributed by atoms with Crippen LogP contribution < -0.4 is 11.5 Å². The molecule has 0 aromatic rings. The maximum absolute atomic E-state index is 6.01. The first-order valence-electron chi connectivity index (χ1n) is 3.83. The summed E-state index contributed by atoms with van der Waals surface area (Å²) < 4.78 is 5.19. The highest BCUT2D eigenvalue weighted by Gasteiger charge is 2.26. The van der Waals surface area contributed by atoms with Crippen LogP contribution in [0.5, 0.6) is 0 Å². The summed E-state index contributed by atoms with van der Waals surface area (Å²) in [5, 5.41) is 0. The summed E-state index contributed by atoms with van der Waals surface area (Å²) in [7, 11) is 0. The second-order valence-corrected chi connectivity index (χ2v) is 3.01. The summed E-state index contributed by atoms with van der Waals surface area (Å²) >= 11 is 0. The Balaban J connectivity index is 2.32. The minimum Gasteiger partial charge on any atom is -0.381 e. The molecule has 0 atom stereocenters. The second-order valence-electron chi connectivity index (χ2n) is 3.01. The number of hydrogen-bond acceptors (Lipinski definition) is 3. The van der Waals surface area contributed by atoms with E-state index >= 15 is 0 Å². The first-order chi connectivity index (χ1) is 4.77. The lowest BCUT2D eigenvalue weighted by atomic mass is 9.88. The Kier molecular flexibility index (Phi) is 2.65. The zero-order chi connectivity index (χ0) is 7.45. The van der Waals surface area contributed by atoms with Crippen molar-refractivity contribution < 1.29 is 4.74 Å². The van der Waals surface area contributed by atoms with Gasteiger partial charge in [0.2, 0.25) is 0 Å². The maximum atomic E-state index is 6.01. The molecule has 1 saturated heterocycles. The van der Waals surface area contributed by atoms with Gasteiger partial charge in [-0.2, -0.15) is 0 Å². The molecule has 60 valence electrons. The average Bonchev–Trinajstić information content (AvgIpc) is 1.89. The van der Waals surface area contributed by atoms with Crippen molar-refractivity contribution in [3.63, 3.8) is 0 Å². The Morgan fingerprint density at radius 3 is 2.40 bits per heavy atom. The van der Waals surface area contributed by atoms with Gasteiger partial charge in [-0.3, -0.25) is 0 Å². The first kappa shape index (κ1) is 7.98. The highest BCUT2D eigenvalue weighted by Crippen LogP contribution is 2.20. The van der Waals surface area contributed by atoms with Gasteiger partial charge < -0.3 is 16.2 Å². The van der Waals surface area contributed by atoms with Crippen LogP contribution in [0, 0.1) is 0 Å². The van der Waals surface area contributed by atoms with Gasteiger partial charge in [0.05, 0.1) is 0 Å².